The van der Waals surface area contributed by atoms with Crippen LogP contribution in [0.1, 0.15) is 38.7 Å². The van der Waals surface area contributed by atoms with E-state index in [1.54, 1.807) is 0 Å². The van der Waals surface area contributed by atoms with E-state index < -0.39 is 11.9 Å². The third-order valence-electron chi connectivity index (χ3n) is 4.03. The van der Waals surface area contributed by atoms with Gasteiger partial charge in [-0.25, -0.2) is 9.59 Å². The zero-order valence-corrected chi connectivity index (χ0v) is 16.0. The lowest BCUT2D eigenvalue weighted by Crippen LogP contribution is -2.31. The third kappa shape index (κ3) is 9.01. The lowest BCUT2D eigenvalue weighted by Gasteiger charge is -2.19. The summed E-state index contributed by atoms with van der Waals surface area (Å²) in [6.07, 6.45) is 5.95. The van der Waals surface area contributed by atoms with E-state index in [4.69, 9.17) is 10.2 Å². The molecule has 0 amide bonds. The molecule has 0 saturated heterocycles. The number of hydrogen-bond acceptors (Lipinski definition) is 3. The second-order valence-corrected chi connectivity index (χ2v) is 6.29. The number of carboxylic acid groups (broad SMARTS) is 2. The Bertz CT molecular complexity index is 734. The standard InChI is InChI=1S/C18H25N.C4H4O4/c1-3-8-17(19-13-4-2)14-16-11-7-10-15-9-5-6-12-18(15)16;5-3(6)1-2-4(7)8/h5-7,9-12,17,19H,3-4,8,13-14H2,1-2H3;1-2H,(H,5,6)(H,7,8)/b;2-1-. The predicted octanol–water partition coefficient (Wildman–Crippen LogP) is 4.26. The highest BCUT2D eigenvalue weighted by molar-refractivity contribution is 5.89. The SMILES string of the molecule is CCCNC(CCC)Cc1cccc2ccccc12.O=C(O)/C=C\C(=O)O. The van der Waals surface area contributed by atoms with Gasteiger partial charge < -0.3 is 15.5 Å². The zero-order chi connectivity index (χ0) is 20.1. The molecule has 1 unspecified atom stereocenters. The monoisotopic (exact) mass is 371 g/mol. The van der Waals surface area contributed by atoms with Crippen LogP contribution in [0.5, 0.6) is 0 Å². The van der Waals surface area contributed by atoms with Crippen LogP contribution in [0.25, 0.3) is 10.8 Å². The molecule has 0 radical (unpaired) electrons. The first-order valence-corrected chi connectivity index (χ1v) is 9.31. The van der Waals surface area contributed by atoms with E-state index in [-0.39, 0.29) is 0 Å². The molecule has 3 N–H and O–H groups in total. The quantitative estimate of drug-likeness (QED) is 0.573. The third-order valence-corrected chi connectivity index (χ3v) is 4.03. The Morgan fingerprint density at radius 1 is 0.963 bits per heavy atom. The number of benzene rings is 2. The highest BCUT2D eigenvalue weighted by Crippen LogP contribution is 2.20. The van der Waals surface area contributed by atoms with Gasteiger partial charge >= 0.3 is 11.9 Å². The number of rotatable bonds is 9. The Labute approximate surface area is 160 Å². The Morgan fingerprint density at radius 3 is 2.19 bits per heavy atom. The fraction of sp³-hybridized carbons (Fsp3) is 0.364. The Balaban J connectivity index is 0.000000387. The zero-order valence-electron chi connectivity index (χ0n) is 16.0. The molecule has 0 aliphatic heterocycles. The molecule has 0 spiro atoms. The highest BCUT2D eigenvalue weighted by atomic mass is 16.4. The van der Waals surface area contributed by atoms with E-state index in [1.807, 2.05) is 0 Å². The van der Waals surface area contributed by atoms with E-state index >= 15 is 0 Å². The molecule has 0 saturated carbocycles. The van der Waals surface area contributed by atoms with Gasteiger partial charge in [0.2, 0.25) is 0 Å². The summed E-state index contributed by atoms with van der Waals surface area (Å²) in [5, 5.41) is 22.1. The molecule has 0 aliphatic carbocycles. The molecule has 0 aliphatic rings. The van der Waals surface area contributed by atoms with E-state index in [1.165, 1.54) is 35.6 Å². The van der Waals surface area contributed by atoms with Gasteiger partial charge in [-0.2, -0.15) is 0 Å². The fourth-order valence-electron chi connectivity index (χ4n) is 2.85. The van der Waals surface area contributed by atoms with Crippen LogP contribution in [0.4, 0.5) is 0 Å². The summed E-state index contributed by atoms with van der Waals surface area (Å²) in [5.41, 5.74) is 1.47. The summed E-state index contributed by atoms with van der Waals surface area (Å²) in [7, 11) is 0. The van der Waals surface area contributed by atoms with Crippen LogP contribution >= 0.6 is 0 Å². The van der Waals surface area contributed by atoms with Gasteiger partial charge in [-0.1, -0.05) is 62.7 Å². The molecule has 2 aromatic rings. The van der Waals surface area contributed by atoms with Crippen LogP contribution in [-0.4, -0.2) is 34.7 Å². The molecule has 2 aromatic carbocycles. The van der Waals surface area contributed by atoms with Crippen molar-refractivity contribution in [3.63, 3.8) is 0 Å². The number of hydrogen-bond donors (Lipinski definition) is 3. The van der Waals surface area contributed by atoms with Gasteiger partial charge in [0.05, 0.1) is 0 Å². The average Bonchev–Trinajstić information content (AvgIpc) is 2.65. The van der Waals surface area contributed by atoms with Gasteiger partial charge in [0, 0.05) is 18.2 Å². The van der Waals surface area contributed by atoms with E-state index in [0.717, 1.165) is 13.0 Å². The van der Waals surface area contributed by atoms with Crippen LogP contribution in [0, 0.1) is 0 Å². The van der Waals surface area contributed by atoms with Crippen molar-refractivity contribution in [3.05, 3.63) is 60.2 Å². The van der Waals surface area contributed by atoms with Crippen molar-refractivity contribution in [2.24, 2.45) is 0 Å². The van der Waals surface area contributed by atoms with Crippen LogP contribution in [0.3, 0.4) is 0 Å². The largest absolute Gasteiger partial charge is 0.478 e. The molecule has 1 atom stereocenters. The summed E-state index contributed by atoms with van der Waals surface area (Å²) in [6, 6.07) is 16.0. The molecular formula is C22H29NO4. The molecule has 5 heteroatoms. The molecule has 0 bridgehead atoms. The van der Waals surface area contributed by atoms with Crippen molar-refractivity contribution in [2.75, 3.05) is 6.54 Å². The predicted molar refractivity (Wildman–Crippen MR) is 109 cm³/mol. The number of aliphatic carboxylic acids is 2. The van der Waals surface area contributed by atoms with Crippen molar-refractivity contribution in [2.45, 2.75) is 45.6 Å². The number of carboxylic acids is 2. The second-order valence-electron chi connectivity index (χ2n) is 6.29. The first-order valence-electron chi connectivity index (χ1n) is 9.31. The van der Waals surface area contributed by atoms with Crippen molar-refractivity contribution < 1.29 is 19.8 Å². The maximum atomic E-state index is 9.55. The highest BCUT2D eigenvalue weighted by Gasteiger charge is 2.09. The average molecular weight is 371 g/mol. The molecule has 0 fully saturated rings. The normalized spacial score (nSPS) is 11.8. The van der Waals surface area contributed by atoms with Crippen LogP contribution in [0.2, 0.25) is 0 Å². The lowest BCUT2D eigenvalue weighted by atomic mass is 9.97. The maximum absolute atomic E-state index is 9.55. The smallest absolute Gasteiger partial charge is 0.328 e. The molecule has 2 rings (SSSR count). The minimum atomic E-state index is -1.26. The van der Waals surface area contributed by atoms with Crippen molar-refractivity contribution >= 4 is 22.7 Å². The van der Waals surface area contributed by atoms with Crippen LogP contribution in [0.15, 0.2) is 54.6 Å². The molecule has 0 heterocycles. The van der Waals surface area contributed by atoms with Gasteiger partial charge in [0.15, 0.2) is 0 Å². The summed E-state index contributed by atoms with van der Waals surface area (Å²) in [6.45, 7) is 5.62. The minimum absolute atomic E-state index is 0.558. The van der Waals surface area contributed by atoms with Gasteiger partial charge in [-0.3, -0.25) is 0 Å². The number of nitrogens with one attached hydrogen (secondary N) is 1. The maximum Gasteiger partial charge on any atom is 0.328 e. The van der Waals surface area contributed by atoms with Crippen molar-refractivity contribution in [1.82, 2.24) is 5.32 Å². The van der Waals surface area contributed by atoms with Gasteiger partial charge in [0.25, 0.3) is 0 Å². The molecule has 27 heavy (non-hydrogen) atoms. The van der Waals surface area contributed by atoms with Crippen molar-refractivity contribution in [3.8, 4) is 0 Å². The Kier molecular flexibility index (Phi) is 10.5. The summed E-state index contributed by atoms with van der Waals surface area (Å²) < 4.78 is 0. The molecular weight excluding hydrogens is 342 g/mol. The van der Waals surface area contributed by atoms with Crippen molar-refractivity contribution in [1.29, 1.82) is 0 Å². The summed E-state index contributed by atoms with van der Waals surface area (Å²) in [4.78, 5) is 19.1. The van der Waals surface area contributed by atoms with Gasteiger partial charge in [-0.15, -0.1) is 0 Å². The van der Waals surface area contributed by atoms with E-state index in [0.29, 0.717) is 18.2 Å². The topological polar surface area (TPSA) is 86.6 Å². The van der Waals surface area contributed by atoms with Gasteiger partial charge in [0.1, 0.15) is 0 Å². The number of fused-ring (bicyclic) bond motifs is 1. The molecule has 5 nitrogen and oxygen atoms in total. The fourth-order valence-corrected chi connectivity index (χ4v) is 2.85. The Morgan fingerprint density at radius 2 is 1.59 bits per heavy atom. The van der Waals surface area contributed by atoms with E-state index in [2.05, 4.69) is 61.6 Å². The minimum Gasteiger partial charge on any atom is -0.478 e. The first kappa shape index (κ1) is 22.4. The first-order chi connectivity index (χ1) is 13.0. The summed E-state index contributed by atoms with van der Waals surface area (Å²) >= 11 is 0. The van der Waals surface area contributed by atoms with Crippen LogP contribution in [-0.2, 0) is 16.0 Å². The van der Waals surface area contributed by atoms with Crippen LogP contribution < -0.4 is 5.32 Å². The van der Waals surface area contributed by atoms with Gasteiger partial charge in [-0.05, 0) is 42.1 Å². The summed E-state index contributed by atoms with van der Waals surface area (Å²) in [5.74, 6) is -2.51. The number of carbonyl (C=O) groups is 2. The van der Waals surface area contributed by atoms with E-state index in [9.17, 15) is 9.59 Å². The second kappa shape index (κ2) is 12.7. The molecule has 146 valence electrons. The lowest BCUT2D eigenvalue weighted by molar-refractivity contribution is -0.134. The Hall–Kier alpha value is -2.66. The molecule has 0 aromatic heterocycles.